The van der Waals surface area contributed by atoms with Gasteiger partial charge in [0.15, 0.2) is 0 Å². The Labute approximate surface area is 195 Å². The van der Waals surface area contributed by atoms with Crippen molar-refractivity contribution in [3.05, 3.63) is 84.6 Å². The quantitative estimate of drug-likeness (QED) is 0.493. The van der Waals surface area contributed by atoms with Crippen LogP contribution in [0.1, 0.15) is 41.5 Å². The van der Waals surface area contributed by atoms with E-state index >= 15 is 0 Å². The SMILES string of the molecule is Nc1ncc(-c2ccc(F)cc2)c([C@H]2CCCCN2C(=O)c2cccc(-c3cncnc3)n2)n1. The third-order valence-corrected chi connectivity index (χ3v) is 5.90. The predicted octanol–water partition coefficient (Wildman–Crippen LogP) is 4.08. The van der Waals surface area contributed by atoms with Crippen LogP contribution in [-0.4, -0.2) is 42.3 Å². The second-order valence-corrected chi connectivity index (χ2v) is 8.08. The molecule has 3 aromatic heterocycles. The first kappa shape index (κ1) is 21.6. The molecule has 1 amide bonds. The number of nitrogens with zero attached hydrogens (tertiary/aromatic N) is 6. The number of piperidine rings is 1. The number of hydrogen-bond donors (Lipinski definition) is 1. The van der Waals surface area contributed by atoms with Gasteiger partial charge in [-0.25, -0.2) is 29.3 Å². The smallest absolute Gasteiger partial charge is 0.273 e. The molecule has 1 aliphatic rings. The second kappa shape index (κ2) is 9.30. The van der Waals surface area contributed by atoms with Crippen LogP contribution in [0.2, 0.25) is 0 Å². The Morgan fingerprint density at radius 1 is 0.971 bits per heavy atom. The number of nitrogens with two attached hydrogens (primary N) is 1. The molecule has 5 rings (SSSR count). The number of nitrogen functional groups attached to an aromatic ring is 1. The molecule has 170 valence electrons. The predicted molar refractivity (Wildman–Crippen MR) is 125 cm³/mol. The highest BCUT2D eigenvalue weighted by Gasteiger charge is 2.32. The minimum atomic E-state index is -0.328. The fourth-order valence-corrected chi connectivity index (χ4v) is 4.27. The van der Waals surface area contributed by atoms with Crippen molar-refractivity contribution >= 4 is 11.9 Å². The summed E-state index contributed by atoms with van der Waals surface area (Å²) in [6.07, 6.45) is 8.94. The molecule has 8 nitrogen and oxygen atoms in total. The van der Waals surface area contributed by atoms with Crippen molar-refractivity contribution in [1.29, 1.82) is 0 Å². The van der Waals surface area contributed by atoms with Crippen molar-refractivity contribution < 1.29 is 9.18 Å². The van der Waals surface area contributed by atoms with Gasteiger partial charge in [-0.15, -0.1) is 0 Å². The lowest BCUT2D eigenvalue weighted by molar-refractivity contribution is 0.0601. The van der Waals surface area contributed by atoms with E-state index in [9.17, 15) is 9.18 Å². The number of benzene rings is 1. The molecular formula is C25H22FN7O. The van der Waals surface area contributed by atoms with E-state index in [2.05, 4.69) is 24.9 Å². The molecule has 0 bridgehead atoms. The van der Waals surface area contributed by atoms with Gasteiger partial charge >= 0.3 is 0 Å². The molecule has 1 aromatic carbocycles. The summed E-state index contributed by atoms with van der Waals surface area (Å²) < 4.78 is 13.5. The molecule has 4 aromatic rings. The Hall–Kier alpha value is -4.27. The minimum Gasteiger partial charge on any atom is -0.368 e. The number of anilines is 1. The molecule has 9 heteroatoms. The highest BCUT2D eigenvalue weighted by molar-refractivity contribution is 5.93. The van der Waals surface area contributed by atoms with Gasteiger partial charge in [-0.2, -0.15) is 0 Å². The molecule has 1 fully saturated rings. The van der Waals surface area contributed by atoms with E-state index in [1.807, 2.05) is 6.07 Å². The maximum absolute atomic E-state index is 13.7. The van der Waals surface area contributed by atoms with Crippen LogP contribution >= 0.6 is 0 Å². The molecular weight excluding hydrogens is 433 g/mol. The van der Waals surface area contributed by atoms with Crippen LogP contribution in [0.15, 0.2) is 67.4 Å². The van der Waals surface area contributed by atoms with Crippen molar-refractivity contribution in [1.82, 2.24) is 29.8 Å². The van der Waals surface area contributed by atoms with E-state index in [1.165, 1.54) is 18.5 Å². The highest BCUT2D eigenvalue weighted by atomic mass is 19.1. The van der Waals surface area contributed by atoms with Crippen LogP contribution in [-0.2, 0) is 0 Å². The number of carbonyl (C=O) groups excluding carboxylic acids is 1. The first-order valence-electron chi connectivity index (χ1n) is 11.0. The molecule has 34 heavy (non-hydrogen) atoms. The summed E-state index contributed by atoms with van der Waals surface area (Å²) in [6, 6.07) is 11.2. The van der Waals surface area contributed by atoms with E-state index in [1.54, 1.807) is 47.8 Å². The lowest BCUT2D eigenvalue weighted by Crippen LogP contribution is -2.39. The fraction of sp³-hybridized carbons (Fsp3) is 0.200. The summed E-state index contributed by atoms with van der Waals surface area (Å²) in [4.78, 5) is 36.8. The van der Waals surface area contributed by atoms with E-state index < -0.39 is 0 Å². The topological polar surface area (TPSA) is 111 Å². The molecule has 0 aliphatic carbocycles. The fourth-order valence-electron chi connectivity index (χ4n) is 4.27. The number of hydrogen-bond acceptors (Lipinski definition) is 7. The summed E-state index contributed by atoms with van der Waals surface area (Å²) in [5.41, 5.74) is 9.77. The van der Waals surface area contributed by atoms with E-state index in [0.717, 1.165) is 36.0 Å². The number of likely N-dealkylation sites (tertiary alicyclic amines) is 1. The summed E-state index contributed by atoms with van der Waals surface area (Å²) in [7, 11) is 0. The molecule has 2 N–H and O–H groups in total. The Kier molecular flexibility index (Phi) is 5.90. The van der Waals surface area contributed by atoms with Gasteiger partial charge < -0.3 is 10.6 Å². The second-order valence-electron chi connectivity index (χ2n) is 8.08. The van der Waals surface area contributed by atoms with Crippen LogP contribution in [0, 0.1) is 5.82 Å². The summed E-state index contributed by atoms with van der Waals surface area (Å²) >= 11 is 0. The van der Waals surface area contributed by atoms with Crippen molar-refractivity contribution in [2.75, 3.05) is 12.3 Å². The van der Waals surface area contributed by atoms with Crippen LogP contribution in [0.25, 0.3) is 22.4 Å². The van der Waals surface area contributed by atoms with Gasteiger partial charge in [0.05, 0.1) is 17.4 Å². The Balaban J connectivity index is 1.52. The largest absolute Gasteiger partial charge is 0.368 e. The molecule has 0 radical (unpaired) electrons. The third-order valence-electron chi connectivity index (χ3n) is 5.90. The van der Waals surface area contributed by atoms with E-state index in [0.29, 0.717) is 23.6 Å². The third kappa shape index (κ3) is 4.32. The lowest BCUT2D eigenvalue weighted by Gasteiger charge is -2.36. The van der Waals surface area contributed by atoms with Gasteiger partial charge in [0.1, 0.15) is 17.8 Å². The standard InChI is InChI=1S/C25H22FN7O/c26-18-9-7-16(8-10-18)19-14-30-25(27)32-23(19)22-6-1-2-11-33(22)24(34)21-5-3-4-20(31-21)17-12-28-15-29-13-17/h3-5,7-10,12-15,22H,1-2,6,11H2,(H2,27,30,32)/t22-/m1/s1. The number of aromatic nitrogens is 5. The average Bonchev–Trinajstić information content (AvgIpc) is 2.89. The van der Waals surface area contributed by atoms with Crippen LogP contribution in [0.4, 0.5) is 10.3 Å². The van der Waals surface area contributed by atoms with Crippen molar-refractivity contribution in [2.24, 2.45) is 0 Å². The first-order chi connectivity index (χ1) is 16.6. The number of amides is 1. The number of pyridine rings is 1. The first-order valence-corrected chi connectivity index (χ1v) is 11.0. The van der Waals surface area contributed by atoms with Crippen LogP contribution in [0.3, 0.4) is 0 Å². The number of rotatable bonds is 4. The highest BCUT2D eigenvalue weighted by Crippen LogP contribution is 2.36. The minimum absolute atomic E-state index is 0.128. The number of carbonyl (C=O) groups is 1. The normalized spacial score (nSPS) is 15.8. The Bertz CT molecular complexity index is 1310. The zero-order valence-electron chi connectivity index (χ0n) is 18.3. The van der Waals surface area contributed by atoms with E-state index in [4.69, 9.17) is 5.73 Å². The lowest BCUT2D eigenvalue weighted by atomic mass is 9.93. The van der Waals surface area contributed by atoms with Crippen LogP contribution < -0.4 is 5.73 Å². The molecule has 4 heterocycles. The molecule has 0 unspecified atom stereocenters. The van der Waals surface area contributed by atoms with Crippen LogP contribution in [0.5, 0.6) is 0 Å². The van der Waals surface area contributed by atoms with Crippen molar-refractivity contribution in [3.8, 4) is 22.4 Å². The van der Waals surface area contributed by atoms with Gasteiger partial charge in [0.2, 0.25) is 5.95 Å². The summed E-state index contributed by atoms with van der Waals surface area (Å²) in [6.45, 7) is 0.566. The zero-order valence-corrected chi connectivity index (χ0v) is 18.3. The van der Waals surface area contributed by atoms with Gasteiger partial charge in [0, 0.05) is 36.3 Å². The number of halogens is 1. The molecule has 1 aliphatic heterocycles. The van der Waals surface area contributed by atoms with Crippen molar-refractivity contribution in [2.45, 2.75) is 25.3 Å². The summed E-state index contributed by atoms with van der Waals surface area (Å²) in [5.74, 6) is -0.389. The summed E-state index contributed by atoms with van der Waals surface area (Å²) in [5, 5.41) is 0. The zero-order chi connectivity index (χ0) is 23.5. The maximum Gasteiger partial charge on any atom is 0.273 e. The van der Waals surface area contributed by atoms with Gasteiger partial charge in [-0.1, -0.05) is 18.2 Å². The average molecular weight is 455 g/mol. The Morgan fingerprint density at radius 3 is 2.56 bits per heavy atom. The van der Waals surface area contributed by atoms with Gasteiger partial charge in [0.25, 0.3) is 5.91 Å². The maximum atomic E-state index is 13.7. The molecule has 1 saturated heterocycles. The monoisotopic (exact) mass is 455 g/mol. The molecule has 0 spiro atoms. The molecule has 0 saturated carbocycles. The van der Waals surface area contributed by atoms with Crippen molar-refractivity contribution in [3.63, 3.8) is 0 Å². The Morgan fingerprint density at radius 2 is 1.76 bits per heavy atom. The van der Waals surface area contributed by atoms with Gasteiger partial charge in [-0.3, -0.25) is 4.79 Å². The molecule has 1 atom stereocenters. The van der Waals surface area contributed by atoms with Gasteiger partial charge in [-0.05, 0) is 49.1 Å². The van der Waals surface area contributed by atoms with E-state index in [-0.39, 0.29) is 23.7 Å².